The molecule has 0 saturated carbocycles. The number of rotatable bonds is 7. The first-order valence-electron chi connectivity index (χ1n) is 10.7. The maximum atomic E-state index is 5.55. The fourth-order valence-electron chi connectivity index (χ4n) is 3.59. The summed E-state index contributed by atoms with van der Waals surface area (Å²) in [7, 11) is 1.61. The van der Waals surface area contributed by atoms with Gasteiger partial charge in [0.1, 0.15) is 11.4 Å². The van der Waals surface area contributed by atoms with E-state index in [4.69, 9.17) is 9.72 Å². The Labute approximate surface area is 188 Å². The van der Waals surface area contributed by atoms with Crippen molar-refractivity contribution in [3.63, 3.8) is 0 Å². The lowest BCUT2D eigenvalue weighted by atomic mass is 10.0. The smallest absolute Gasteiger partial charge is 0.238 e. The molecule has 0 amide bonds. The molecule has 0 aliphatic heterocycles. The largest absolute Gasteiger partial charge is 0.479 e. The standard InChI is InChI=1S/C25H28N6O/c1-16(2)20-13-22(29-30-24(20)27-18(4)19-9-7-6-8-10-19)21-11-12-23(25(28-21)32-5)31-14-17(3)26-15-31/h6-16,18H,1-5H3,(H,27,30). The maximum Gasteiger partial charge on any atom is 0.238 e. The summed E-state index contributed by atoms with van der Waals surface area (Å²) < 4.78 is 7.45. The van der Waals surface area contributed by atoms with E-state index in [0.29, 0.717) is 17.3 Å². The number of hydrogen-bond donors (Lipinski definition) is 1. The van der Waals surface area contributed by atoms with Gasteiger partial charge in [0, 0.05) is 11.8 Å². The van der Waals surface area contributed by atoms with E-state index in [2.05, 4.69) is 59.5 Å². The fraction of sp³-hybridized carbons (Fsp3) is 0.280. The third kappa shape index (κ3) is 4.46. The van der Waals surface area contributed by atoms with Crippen molar-refractivity contribution >= 4 is 5.82 Å². The van der Waals surface area contributed by atoms with Crippen LogP contribution in [0.25, 0.3) is 17.1 Å². The molecule has 3 heterocycles. The minimum atomic E-state index is 0.116. The molecule has 7 nitrogen and oxygen atoms in total. The van der Waals surface area contributed by atoms with Crippen molar-refractivity contribution in [1.29, 1.82) is 0 Å². The number of hydrogen-bond acceptors (Lipinski definition) is 6. The lowest BCUT2D eigenvalue weighted by Gasteiger charge is -2.19. The summed E-state index contributed by atoms with van der Waals surface area (Å²) in [6.07, 6.45) is 3.68. The van der Waals surface area contributed by atoms with Crippen LogP contribution in [0.2, 0.25) is 0 Å². The Morgan fingerprint density at radius 3 is 2.41 bits per heavy atom. The van der Waals surface area contributed by atoms with Crippen LogP contribution >= 0.6 is 0 Å². The lowest BCUT2D eigenvalue weighted by molar-refractivity contribution is 0.396. The Morgan fingerprint density at radius 2 is 1.75 bits per heavy atom. The third-order valence-corrected chi connectivity index (χ3v) is 5.38. The van der Waals surface area contributed by atoms with E-state index in [-0.39, 0.29) is 12.0 Å². The minimum Gasteiger partial charge on any atom is -0.479 e. The number of nitrogens with one attached hydrogen (secondary N) is 1. The normalized spacial score (nSPS) is 12.1. The molecule has 4 aromatic rings. The zero-order valence-corrected chi connectivity index (χ0v) is 19.1. The predicted molar refractivity (Wildman–Crippen MR) is 126 cm³/mol. The van der Waals surface area contributed by atoms with Crippen molar-refractivity contribution in [1.82, 2.24) is 24.7 Å². The van der Waals surface area contributed by atoms with Crippen LogP contribution in [-0.2, 0) is 0 Å². The minimum absolute atomic E-state index is 0.116. The van der Waals surface area contributed by atoms with Gasteiger partial charge in [-0.3, -0.25) is 0 Å². The van der Waals surface area contributed by atoms with Crippen LogP contribution in [0.4, 0.5) is 5.82 Å². The van der Waals surface area contributed by atoms with Gasteiger partial charge in [0.15, 0.2) is 5.82 Å². The zero-order chi connectivity index (χ0) is 22.7. The average Bonchev–Trinajstić information content (AvgIpc) is 3.25. The van der Waals surface area contributed by atoms with Gasteiger partial charge in [-0.1, -0.05) is 44.2 Å². The summed E-state index contributed by atoms with van der Waals surface area (Å²) in [5, 5.41) is 12.5. The van der Waals surface area contributed by atoms with Crippen molar-refractivity contribution in [2.45, 2.75) is 39.7 Å². The van der Waals surface area contributed by atoms with Crippen LogP contribution in [0.3, 0.4) is 0 Å². The number of anilines is 1. The summed E-state index contributed by atoms with van der Waals surface area (Å²) in [5.41, 5.74) is 5.45. The summed E-state index contributed by atoms with van der Waals surface area (Å²) in [4.78, 5) is 8.98. The van der Waals surface area contributed by atoms with Gasteiger partial charge >= 0.3 is 0 Å². The van der Waals surface area contributed by atoms with Crippen LogP contribution in [0.15, 0.2) is 61.1 Å². The molecule has 164 valence electrons. The molecule has 1 atom stereocenters. The first-order valence-corrected chi connectivity index (χ1v) is 10.7. The summed E-state index contributed by atoms with van der Waals surface area (Å²) in [6.45, 7) is 8.37. The van der Waals surface area contributed by atoms with Crippen molar-refractivity contribution < 1.29 is 4.74 Å². The number of methoxy groups -OCH3 is 1. The zero-order valence-electron chi connectivity index (χ0n) is 19.1. The molecular formula is C25H28N6O. The second-order valence-corrected chi connectivity index (χ2v) is 8.11. The highest BCUT2D eigenvalue weighted by Gasteiger charge is 2.17. The third-order valence-electron chi connectivity index (χ3n) is 5.38. The van der Waals surface area contributed by atoms with Crippen molar-refractivity contribution in [3.05, 3.63) is 77.9 Å². The van der Waals surface area contributed by atoms with Gasteiger partial charge in [-0.2, -0.15) is 0 Å². The van der Waals surface area contributed by atoms with Gasteiger partial charge in [0.05, 0.1) is 30.9 Å². The first-order chi connectivity index (χ1) is 15.5. The summed E-state index contributed by atoms with van der Waals surface area (Å²) >= 11 is 0. The van der Waals surface area contributed by atoms with E-state index in [9.17, 15) is 0 Å². The van der Waals surface area contributed by atoms with Gasteiger partial charge in [-0.15, -0.1) is 10.2 Å². The highest BCUT2D eigenvalue weighted by molar-refractivity contribution is 5.62. The topological polar surface area (TPSA) is 77.8 Å². The fourth-order valence-corrected chi connectivity index (χ4v) is 3.59. The SMILES string of the molecule is COc1nc(-c2cc(C(C)C)c(NC(C)c3ccccc3)nn2)ccc1-n1cnc(C)c1. The van der Waals surface area contributed by atoms with Gasteiger partial charge in [0.25, 0.3) is 0 Å². The molecule has 1 N–H and O–H groups in total. The van der Waals surface area contributed by atoms with Gasteiger partial charge < -0.3 is 14.6 Å². The molecule has 0 fully saturated rings. The van der Waals surface area contributed by atoms with Crippen LogP contribution in [0, 0.1) is 6.92 Å². The first kappa shape index (κ1) is 21.5. The Balaban J connectivity index is 1.66. The van der Waals surface area contributed by atoms with Gasteiger partial charge in [0.2, 0.25) is 5.88 Å². The molecule has 1 unspecified atom stereocenters. The molecule has 32 heavy (non-hydrogen) atoms. The molecule has 0 aliphatic carbocycles. The van der Waals surface area contributed by atoms with Crippen molar-refractivity contribution in [3.8, 4) is 23.0 Å². The van der Waals surface area contributed by atoms with E-state index < -0.39 is 0 Å². The Morgan fingerprint density at radius 1 is 0.969 bits per heavy atom. The lowest BCUT2D eigenvalue weighted by Crippen LogP contribution is -2.12. The molecule has 7 heteroatoms. The van der Waals surface area contributed by atoms with E-state index in [1.54, 1.807) is 13.4 Å². The number of ether oxygens (including phenoxy) is 1. The molecule has 0 radical (unpaired) electrons. The molecule has 0 spiro atoms. The highest BCUT2D eigenvalue weighted by Crippen LogP contribution is 2.30. The Kier molecular flexibility index (Phi) is 6.16. The van der Waals surface area contributed by atoms with E-state index in [1.807, 2.05) is 48.0 Å². The number of benzene rings is 1. The second kappa shape index (κ2) is 9.18. The van der Waals surface area contributed by atoms with Crippen molar-refractivity contribution in [2.24, 2.45) is 0 Å². The van der Waals surface area contributed by atoms with E-state index in [0.717, 1.165) is 22.8 Å². The van der Waals surface area contributed by atoms with E-state index in [1.165, 1.54) is 5.56 Å². The van der Waals surface area contributed by atoms with Gasteiger partial charge in [-0.05, 0) is 43.5 Å². The summed E-state index contributed by atoms with van der Waals surface area (Å²) in [5.74, 6) is 1.56. The molecule has 4 rings (SSSR count). The molecule has 0 bridgehead atoms. The van der Waals surface area contributed by atoms with Crippen LogP contribution in [0.1, 0.15) is 49.6 Å². The quantitative estimate of drug-likeness (QED) is 0.428. The molecule has 3 aromatic heterocycles. The Bertz CT molecular complexity index is 1200. The van der Waals surface area contributed by atoms with Crippen LogP contribution in [0.5, 0.6) is 5.88 Å². The van der Waals surface area contributed by atoms with Crippen LogP contribution in [-0.4, -0.2) is 31.8 Å². The summed E-state index contributed by atoms with van der Waals surface area (Å²) in [6, 6.07) is 16.4. The van der Waals surface area contributed by atoms with Crippen LogP contribution < -0.4 is 10.1 Å². The maximum absolute atomic E-state index is 5.55. The molecular weight excluding hydrogens is 400 g/mol. The molecule has 1 aromatic carbocycles. The number of imidazole rings is 1. The Hall–Kier alpha value is -3.74. The molecule has 0 aliphatic rings. The number of pyridine rings is 1. The highest BCUT2D eigenvalue weighted by atomic mass is 16.5. The number of aromatic nitrogens is 5. The number of aryl methyl sites for hydroxylation is 1. The number of nitrogens with zero attached hydrogens (tertiary/aromatic N) is 5. The molecule has 0 saturated heterocycles. The van der Waals surface area contributed by atoms with E-state index >= 15 is 0 Å². The second-order valence-electron chi connectivity index (χ2n) is 8.11. The monoisotopic (exact) mass is 428 g/mol. The predicted octanol–water partition coefficient (Wildman–Crippen LogP) is 5.34. The van der Waals surface area contributed by atoms with Crippen molar-refractivity contribution in [2.75, 3.05) is 12.4 Å². The average molecular weight is 429 g/mol. The van der Waals surface area contributed by atoms with Gasteiger partial charge in [-0.25, -0.2) is 9.97 Å².